The van der Waals surface area contributed by atoms with E-state index in [1.54, 1.807) is 30.3 Å². The van der Waals surface area contributed by atoms with E-state index in [0.717, 1.165) is 17.7 Å². The molecule has 0 radical (unpaired) electrons. The average Bonchev–Trinajstić information content (AvgIpc) is 2.61. The second-order valence-electron chi connectivity index (χ2n) is 5.94. The van der Waals surface area contributed by atoms with Gasteiger partial charge in [0.25, 0.3) is 5.91 Å². The maximum absolute atomic E-state index is 12.7. The van der Waals surface area contributed by atoms with Crippen LogP contribution in [0.5, 0.6) is 0 Å². The van der Waals surface area contributed by atoms with Gasteiger partial charge in [0.05, 0.1) is 5.56 Å². The Kier molecular flexibility index (Phi) is 4.80. The quantitative estimate of drug-likeness (QED) is 0.619. The van der Waals surface area contributed by atoms with Crippen molar-refractivity contribution in [2.45, 2.75) is 13.1 Å². The molecule has 0 bridgehead atoms. The molecule has 1 N–H and O–H groups in total. The molecule has 0 unspecified atom stereocenters. The minimum Gasteiger partial charge on any atom is -0.322 e. The summed E-state index contributed by atoms with van der Waals surface area (Å²) in [4.78, 5) is 12.7. The lowest BCUT2D eigenvalue weighted by Crippen LogP contribution is -2.13. The van der Waals surface area contributed by atoms with Crippen molar-refractivity contribution in [1.29, 1.82) is 0 Å². The number of halogens is 3. The SMILES string of the molecule is Cc1cccc(NC(=O)c2ccccc2-c2ccc(C(F)(F)F)cc2)c1. The maximum atomic E-state index is 12.7. The Morgan fingerprint density at radius 2 is 1.58 bits per heavy atom. The molecule has 3 rings (SSSR count). The third-order valence-electron chi connectivity index (χ3n) is 3.97. The molecule has 26 heavy (non-hydrogen) atoms. The Morgan fingerprint density at radius 1 is 0.885 bits per heavy atom. The Morgan fingerprint density at radius 3 is 2.23 bits per heavy atom. The number of benzene rings is 3. The van der Waals surface area contributed by atoms with E-state index >= 15 is 0 Å². The zero-order valence-corrected chi connectivity index (χ0v) is 14.0. The number of carbonyl (C=O) groups is 1. The van der Waals surface area contributed by atoms with Crippen molar-refractivity contribution in [1.82, 2.24) is 0 Å². The van der Waals surface area contributed by atoms with E-state index in [1.165, 1.54) is 12.1 Å². The van der Waals surface area contributed by atoms with Crippen molar-refractivity contribution >= 4 is 11.6 Å². The molecule has 2 nitrogen and oxygen atoms in total. The Bertz CT molecular complexity index is 930. The average molecular weight is 355 g/mol. The van der Waals surface area contributed by atoms with Gasteiger partial charge in [0.15, 0.2) is 0 Å². The van der Waals surface area contributed by atoms with Crippen molar-refractivity contribution in [3.8, 4) is 11.1 Å². The molecule has 132 valence electrons. The zero-order chi connectivity index (χ0) is 18.7. The fraction of sp³-hybridized carbons (Fsp3) is 0.0952. The molecule has 0 aromatic heterocycles. The van der Waals surface area contributed by atoms with Gasteiger partial charge in [-0.05, 0) is 53.9 Å². The van der Waals surface area contributed by atoms with Crippen molar-refractivity contribution in [2.24, 2.45) is 0 Å². The first-order valence-electron chi connectivity index (χ1n) is 7.99. The van der Waals surface area contributed by atoms with Gasteiger partial charge in [-0.2, -0.15) is 13.2 Å². The lowest BCUT2D eigenvalue weighted by Gasteiger charge is -2.12. The molecule has 0 aliphatic carbocycles. The van der Waals surface area contributed by atoms with Crippen LogP contribution in [0.4, 0.5) is 18.9 Å². The van der Waals surface area contributed by atoms with Crippen LogP contribution in [0, 0.1) is 6.92 Å². The van der Waals surface area contributed by atoms with Crippen LogP contribution in [-0.2, 0) is 6.18 Å². The number of amides is 1. The largest absolute Gasteiger partial charge is 0.416 e. The first kappa shape index (κ1) is 17.7. The molecule has 3 aromatic carbocycles. The lowest BCUT2D eigenvalue weighted by atomic mass is 9.98. The number of anilines is 1. The van der Waals surface area contributed by atoms with Gasteiger partial charge in [0.2, 0.25) is 0 Å². The highest BCUT2D eigenvalue weighted by atomic mass is 19.4. The second kappa shape index (κ2) is 7.04. The fourth-order valence-electron chi connectivity index (χ4n) is 2.69. The standard InChI is InChI=1S/C21H16F3NO/c1-14-5-4-6-17(13-14)25-20(26)19-8-3-2-7-18(19)15-9-11-16(12-10-15)21(22,23)24/h2-13H,1H3,(H,25,26). The van der Waals surface area contributed by atoms with Gasteiger partial charge in [-0.15, -0.1) is 0 Å². The number of alkyl halides is 3. The molecule has 0 heterocycles. The molecule has 0 atom stereocenters. The van der Waals surface area contributed by atoms with E-state index in [2.05, 4.69) is 5.32 Å². The predicted molar refractivity (Wildman–Crippen MR) is 96.0 cm³/mol. The van der Waals surface area contributed by atoms with E-state index in [4.69, 9.17) is 0 Å². The Balaban J connectivity index is 1.92. The molecule has 5 heteroatoms. The minimum atomic E-state index is -4.39. The molecule has 0 fully saturated rings. The van der Waals surface area contributed by atoms with Crippen LogP contribution in [0.25, 0.3) is 11.1 Å². The highest BCUT2D eigenvalue weighted by Gasteiger charge is 2.30. The van der Waals surface area contributed by atoms with Gasteiger partial charge in [-0.25, -0.2) is 0 Å². The third-order valence-corrected chi connectivity index (χ3v) is 3.97. The van der Waals surface area contributed by atoms with Crippen LogP contribution in [0.1, 0.15) is 21.5 Å². The monoisotopic (exact) mass is 355 g/mol. The van der Waals surface area contributed by atoms with Crippen molar-refractivity contribution in [3.05, 3.63) is 89.5 Å². The zero-order valence-electron chi connectivity index (χ0n) is 14.0. The number of rotatable bonds is 3. The molecule has 1 amide bonds. The second-order valence-corrected chi connectivity index (χ2v) is 5.94. The van der Waals surface area contributed by atoms with Crippen LogP contribution in [0.2, 0.25) is 0 Å². The molecular weight excluding hydrogens is 339 g/mol. The number of hydrogen-bond acceptors (Lipinski definition) is 1. The van der Waals surface area contributed by atoms with Gasteiger partial charge in [0, 0.05) is 11.3 Å². The lowest BCUT2D eigenvalue weighted by molar-refractivity contribution is -0.137. The van der Waals surface area contributed by atoms with E-state index < -0.39 is 11.7 Å². The van der Waals surface area contributed by atoms with Crippen molar-refractivity contribution < 1.29 is 18.0 Å². The van der Waals surface area contributed by atoms with Crippen LogP contribution in [-0.4, -0.2) is 5.91 Å². The van der Waals surface area contributed by atoms with Gasteiger partial charge in [-0.3, -0.25) is 4.79 Å². The van der Waals surface area contributed by atoms with Gasteiger partial charge < -0.3 is 5.32 Å². The summed E-state index contributed by atoms with van der Waals surface area (Å²) < 4.78 is 38.2. The maximum Gasteiger partial charge on any atom is 0.416 e. The number of nitrogens with one attached hydrogen (secondary N) is 1. The number of aryl methyl sites for hydroxylation is 1. The van der Waals surface area contributed by atoms with Crippen LogP contribution >= 0.6 is 0 Å². The van der Waals surface area contributed by atoms with Gasteiger partial charge in [-0.1, -0.05) is 42.5 Å². The highest BCUT2D eigenvalue weighted by molar-refractivity contribution is 6.08. The summed E-state index contributed by atoms with van der Waals surface area (Å²) >= 11 is 0. The summed E-state index contributed by atoms with van der Waals surface area (Å²) in [5.74, 6) is -0.314. The van der Waals surface area contributed by atoms with E-state index in [0.29, 0.717) is 22.4 Å². The Labute approximate surface area is 149 Å². The molecule has 0 aliphatic heterocycles. The van der Waals surface area contributed by atoms with Crippen molar-refractivity contribution in [2.75, 3.05) is 5.32 Å². The predicted octanol–water partition coefficient (Wildman–Crippen LogP) is 5.93. The molecule has 0 aliphatic rings. The summed E-state index contributed by atoms with van der Waals surface area (Å²) in [6, 6.07) is 19.0. The smallest absolute Gasteiger partial charge is 0.322 e. The molecule has 0 saturated carbocycles. The summed E-state index contributed by atoms with van der Waals surface area (Å²) in [5.41, 5.74) is 2.48. The van der Waals surface area contributed by atoms with E-state index in [1.807, 2.05) is 25.1 Å². The van der Waals surface area contributed by atoms with E-state index in [9.17, 15) is 18.0 Å². The van der Waals surface area contributed by atoms with Crippen LogP contribution in [0.15, 0.2) is 72.8 Å². The van der Waals surface area contributed by atoms with Crippen LogP contribution < -0.4 is 5.32 Å². The number of hydrogen-bond donors (Lipinski definition) is 1. The summed E-state index contributed by atoms with van der Waals surface area (Å²) in [6.07, 6.45) is -4.39. The number of carbonyl (C=O) groups excluding carboxylic acids is 1. The normalized spacial score (nSPS) is 11.2. The first-order chi connectivity index (χ1) is 12.3. The highest BCUT2D eigenvalue weighted by Crippen LogP contribution is 2.32. The fourth-order valence-corrected chi connectivity index (χ4v) is 2.69. The molecular formula is C21H16F3NO. The van der Waals surface area contributed by atoms with Crippen molar-refractivity contribution in [3.63, 3.8) is 0 Å². The molecule has 0 saturated heterocycles. The summed E-state index contributed by atoms with van der Waals surface area (Å²) in [5, 5.41) is 2.83. The molecule has 0 spiro atoms. The topological polar surface area (TPSA) is 29.1 Å². The van der Waals surface area contributed by atoms with Crippen LogP contribution in [0.3, 0.4) is 0 Å². The first-order valence-corrected chi connectivity index (χ1v) is 7.99. The minimum absolute atomic E-state index is 0.314. The van der Waals surface area contributed by atoms with E-state index in [-0.39, 0.29) is 5.91 Å². The van der Waals surface area contributed by atoms with Gasteiger partial charge >= 0.3 is 6.18 Å². The Hall–Kier alpha value is -3.08. The third kappa shape index (κ3) is 3.94. The molecule has 3 aromatic rings. The summed E-state index contributed by atoms with van der Waals surface area (Å²) in [6.45, 7) is 1.92. The summed E-state index contributed by atoms with van der Waals surface area (Å²) in [7, 11) is 0. The van der Waals surface area contributed by atoms with Gasteiger partial charge in [0.1, 0.15) is 0 Å².